The van der Waals surface area contributed by atoms with Crippen LogP contribution in [0.25, 0.3) is 0 Å². The molecule has 0 spiro atoms. The summed E-state index contributed by atoms with van der Waals surface area (Å²) in [4.78, 5) is 0. The van der Waals surface area contributed by atoms with Crippen molar-refractivity contribution >= 4 is 0 Å². The summed E-state index contributed by atoms with van der Waals surface area (Å²) in [5.41, 5.74) is 0. The topological polar surface area (TPSA) is 61.7 Å². The van der Waals surface area contributed by atoms with Gasteiger partial charge in [-0.3, -0.25) is 0 Å². The Morgan fingerprint density at radius 3 is 2.53 bits per heavy atom. The average Bonchev–Trinajstić information content (AvgIpc) is 2.38. The van der Waals surface area contributed by atoms with Crippen LogP contribution in [-0.2, 0) is 4.74 Å². The van der Waals surface area contributed by atoms with E-state index < -0.39 is 6.10 Å². The Hall–Kier alpha value is -0.160. The summed E-state index contributed by atoms with van der Waals surface area (Å²) in [6.07, 6.45) is 4.70. The molecule has 0 aromatic rings. The van der Waals surface area contributed by atoms with Crippen molar-refractivity contribution in [1.82, 2.24) is 5.32 Å². The second kappa shape index (κ2) is 8.90. The van der Waals surface area contributed by atoms with Crippen molar-refractivity contribution in [3.05, 3.63) is 0 Å². The smallest absolute Gasteiger partial charge is 0.0897 e. The van der Waals surface area contributed by atoms with E-state index in [9.17, 15) is 10.2 Å². The van der Waals surface area contributed by atoms with Crippen LogP contribution in [0, 0.1) is 11.8 Å². The lowest BCUT2D eigenvalue weighted by Crippen LogP contribution is -2.43. The lowest BCUT2D eigenvalue weighted by atomic mass is 9.88. The van der Waals surface area contributed by atoms with E-state index in [4.69, 9.17) is 4.74 Å². The van der Waals surface area contributed by atoms with E-state index >= 15 is 0 Å². The first-order chi connectivity index (χ1) is 9.04. The minimum atomic E-state index is -0.498. The maximum atomic E-state index is 9.92. The van der Waals surface area contributed by atoms with Crippen LogP contribution >= 0.6 is 0 Å². The zero-order valence-corrected chi connectivity index (χ0v) is 12.6. The molecule has 4 unspecified atom stereocenters. The van der Waals surface area contributed by atoms with E-state index in [1.54, 1.807) is 0 Å². The summed E-state index contributed by atoms with van der Waals surface area (Å²) in [5.74, 6) is 0.964. The number of hydrogen-bond acceptors (Lipinski definition) is 4. The SMILES string of the molecule is CC(C)C(CO)NCC(O)COC1CCCCC1C. The average molecular weight is 273 g/mol. The number of hydrogen-bond donors (Lipinski definition) is 3. The molecule has 1 aliphatic carbocycles. The molecule has 1 rings (SSSR count). The molecule has 4 atom stereocenters. The van der Waals surface area contributed by atoms with Gasteiger partial charge in [-0.15, -0.1) is 0 Å². The maximum Gasteiger partial charge on any atom is 0.0897 e. The van der Waals surface area contributed by atoms with Gasteiger partial charge < -0.3 is 20.3 Å². The molecule has 0 aliphatic heterocycles. The maximum absolute atomic E-state index is 9.92. The van der Waals surface area contributed by atoms with E-state index in [2.05, 4.69) is 26.1 Å². The molecule has 0 amide bonds. The van der Waals surface area contributed by atoms with Crippen LogP contribution in [0.4, 0.5) is 0 Å². The number of aliphatic hydroxyl groups excluding tert-OH is 2. The number of rotatable bonds is 8. The molecule has 4 nitrogen and oxygen atoms in total. The number of ether oxygens (including phenoxy) is 1. The van der Waals surface area contributed by atoms with E-state index in [0.717, 1.165) is 6.42 Å². The molecule has 114 valence electrons. The van der Waals surface area contributed by atoms with Crippen molar-refractivity contribution in [3.63, 3.8) is 0 Å². The molecule has 0 radical (unpaired) electrons. The zero-order valence-electron chi connectivity index (χ0n) is 12.6. The van der Waals surface area contributed by atoms with Gasteiger partial charge in [0.1, 0.15) is 0 Å². The molecule has 0 aromatic heterocycles. The lowest BCUT2D eigenvalue weighted by Gasteiger charge is -2.30. The molecule has 0 saturated heterocycles. The summed E-state index contributed by atoms with van der Waals surface area (Å²) in [6.45, 7) is 7.31. The Balaban J connectivity index is 2.18. The third kappa shape index (κ3) is 6.21. The van der Waals surface area contributed by atoms with Gasteiger partial charge in [-0.1, -0.05) is 33.6 Å². The highest BCUT2D eigenvalue weighted by Gasteiger charge is 2.23. The van der Waals surface area contributed by atoms with Gasteiger partial charge in [0.15, 0.2) is 0 Å². The van der Waals surface area contributed by atoms with Crippen LogP contribution in [0.5, 0.6) is 0 Å². The second-order valence-electron chi connectivity index (χ2n) is 6.23. The highest BCUT2D eigenvalue weighted by molar-refractivity contribution is 4.74. The quantitative estimate of drug-likeness (QED) is 0.628. The lowest BCUT2D eigenvalue weighted by molar-refractivity contribution is -0.0462. The van der Waals surface area contributed by atoms with Crippen LogP contribution in [0.3, 0.4) is 0 Å². The summed E-state index contributed by atoms with van der Waals surface area (Å²) >= 11 is 0. The fraction of sp³-hybridized carbons (Fsp3) is 1.00. The summed E-state index contributed by atoms with van der Waals surface area (Å²) < 4.78 is 5.83. The van der Waals surface area contributed by atoms with Crippen LogP contribution < -0.4 is 5.32 Å². The first-order valence-electron chi connectivity index (χ1n) is 7.68. The van der Waals surface area contributed by atoms with E-state index in [0.29, 0.717) is 31.1 Å². The van der Waals surface area contributed by atoms with Gasteiger partial charge in [0, 0.05) is 12.6 Å². The monoisotopic (exact) mass is 273 g/mol. The predicted molar refractivity (Wildman–Crippen MR) is 77.1 cm³/mol. The first-order valence-corrected chi connectivity index (χ1v) is 7.68. The molecular weight excluding hydrogens is 242 g/mol. The number of aliphatic hydroxyl groups is 2. The van der Waals surface area contributed by atoms with E-state index in [1.165, 1.54) is 19.3 Å². The van der Waals surface area contributed by atoms with Crippen molar-refractivity contribution in [2.75, 3.05) is 19.8 Å². The van der Waals surface area contributed by atoms with Crippen molar-refractivity contribution in [1.29, 1.82) is 0 Å². The molecule has 0 bridgehead atoms. The van der Waals surface area contributed by atoms with Crippen LogP contribution in [0.1, 0.15) is 46.5 Å². The third-order valence-corrected chi connectivity index (χ3v) is 4.15. The highest BCUT2D eigenvalue weighted by atomic mass is 16.5. The zero-order chi connectivity index (χ0) is 14.3. The Bertz CT molecular complexity index is 235. The van der Waals surface area contributed by atoms with E-state index in [-0.39, 0.29) is 12.6 Å². The van der Waals surface area contributed by atoms with E-state index in [1.807, 2.05) is 0 Å². The standard InChI is InChI=1S/C15H31NO3/c1-11(2)14(9-17)16-8-13(18)10-19-15-7-5-4-6-12(15)3/h11-18H,4-10H2,1-3H3. The van der Waals surface area contributed by atoms with Crippen LogP contribution in [0.15, 0.2) is 0 Å². The van der Waals surface area contributed by atoms with Crippen molar-refractivity contribution < 1.29 is 14.9 Å². The molecule has 4 heteroatoms. The Labute approximate surface area is 117 Å². The Morgan fingerprint density at radius 2 is 1.95 bits per heavy atom. The fourth-order valence-corrected chi connectivity index (χ4v) is 2.62. The van der Waals surface area contributed by atoms with Gasteiger partial charge in [-0.05, 0) is 24.7 Å². The largest absolute Gasteiger partial charge is 0.395 e. The Morgan fingerprint density at radius 1 is 1.26 bits per heavy atom. The number of nitrogens with one attached hydrogen (secondary N) is 1. The van der Waals surface area contributed by atoms with Crippen LogP contribution in [0.2, 0.25) is 0 Å². The molecular formula is C15H31NO3. The minimum absolute atomic E-state index is 0.0447. The van der Waals surface area contributed by atoms with Gasteiger partial charge in [0.25, 0.3) is 0 Å². The molecule has 3 N–H and O–H groups in total. The van der Waals surface area contributed by atoms with Crippen LogP contribution in [-0.4, -0.2) is 48.2 Å². The first kappa shape index (κ1) is 16.9. The molecule has 1 saturated carbocycles. The van der Waals surface area contributed by atoms with Gasteiger partial charge >= 0.3 is 0 Å². The minimum Gasteiger partial charge on any atom is -0.395 e. The molecule has 1 fully saturated rings. The summed E-state index contributed by atoms with van der Waals surface area (Å²) in [6, 6.07) is 0.0447. The normalized spacial score (nSPS) is 27.5. The highest BCUT2D eigenvalue weighted by Crippen LogP contribution is 2.26. The Kier molecular flexibility index (Phi) is 7.91. The molecule has 1 aliphatic rings. The van der Waals surface area contributed by atoms with Gasteiger partial charge in [-0.2, -0.15) is 0 Å². The summed E-state index contributed by atoms with van der Waals surface area (Å²) in [5, 5.41) is 22.3. The second-order valence-corrected chi connectivity index (χ2v) is 6.23. The van der Waals surface area contributed by atoms with Gasteiger partial charge in [-0.25, -0.2) is 0 Å². The van der Waals surface area contributed by atoms with Gasteiger partial charge in [0.2, 0.25) is 0 Å². The van der Waals surface area contributed by atoms with Gasteiger partial charge in [0.05, 0.1) is 25.4 Å². The third-order valence-electron chi connectivity index (χ3n) is 4.15. The molecule has 0 aromatic carbocycles. The van der Waals surface area contributed by atoms with Crippen molar-refractivity contribution in [2.45, 2.75) is 64.7 Å². The van der Waals surface area contributed by atoms with Crippen molar-refractivity contribution in [2.24, 2.45) is 11.8 Å². The summed E-state index contributed by atoms with van der Waals surface area (Å²) in [7, 11) is 0. The fourth-order valence-electron chi connectivity index (χ4n) is 2.62. The van der Waals surface area contributed by atoms with Crippen molar-refractivity contribution in [3.8, 4) is 0 Å². The molecule has 0 heterocycles. The molecule has 19 heavy (non-hydrogen) atoms. The predicted octanol–water partition coefficient (Wildman–Crippen LogP) is 1.55.